The Bertz CT molecular complexity index is 1070. The summed E-state index contributed by atoms with van der Waals surface area (Å²) < 4.78 is 17.8. The van der Waals surface area contributed by atoms with Gasteiger partial charge in [-0.1, -0.05) is 12.1 Å². The molecule has 1 aliphatic rings. The number of halogens is 1. The molecule has 0 aromatic heterocycles. The second-order valence-electron chi connectivity index (χ2n) is 6.78. The normalized spacial score (nSPS) is 15.2. The summed E-state index contributed by atoms with van der Waals surface area (Å²) in [5.41, 5.74) is 1.89. The van der Waals surface area contributed by atoms with Gasteiger partial charge in [0.1, 0.15) is 11.4 Å². The van der Waals surface area contributed by atoms with E-state index in [0.29, 0.717) is 5.69 Å². The highest BCUT2D eigenvalue weighted by atomic mass is 19.1. The highest BCUT2D eigenvalue weighted by Crippen LogP contribution is 2.20. The number of carbonyl (C=O) groups excluding carboxylic acids is 4. The molecule has 0 aliphatic carbocycles. The van der Waals surface area contributed by atoms with Gasteiger partial charge in [-0.25, -0.2) is 4.39 Å². The van der Waals surface area contributed by atoms with Crippen LogP contribution in [0.1, 0.15) is 16.8 Å². The first-order valence-corrected chi connectivity index (χ1v) is 9.31. The van der Waals surface area contributed by atoms with E-state index in [4.69, 9.17) is 4.74 Å². The summed E-state index contributed by atoms with van der Waals surface area (Å²) in [5, 5.41) is 14.4. The minimum Gasteiger partial charge on any atom is -0.455 e. The fraction of sp³-hybridized carbons (Fsp3) is 0.200. The number of para-hydroxylation sites is 1. The molecule has 166 valence electrons. The number of amides is 3. The first-order chi connectivity index (χ1) is 15.2. The molecule has 0 unspecified atom stereocenters. The topological polar surface area (TPSA) is 148 Å². The second kappa shape index (κ2) is 9.64. The van der Waals surface area contributed by atoms with E-state index in [2.05, 4.69) is 10.7 Å². The van der Waals surface area contributed by atoms with Crippen LogP contribution in [-0.4, -0.2) is 46.8 Å². The molecule has 1 heterocycles. The third-order valence-electron chi connectivity index (χ3n) is 4.51. The van der Waals surface area contributed by atoms with Crippen LogP contribution in [0.2, 0.25) is 0 Å². The summed E-state index contributed by atoms with van der Waals surface area (Å²) in [4.78, 5) is 58.9. The van der Waals surface area contributed by atoms with Gasteiger partial charge in [0.15, 0.2) is 6.61 Å². The predicted molar refractivity (Wildman–Crippen MR) is 106 cm³/mol. The van der Waals surface area contributed by atoms with E-state index >= 15 is 0 Å². The van der Waals surface area contributed by atoms with Gasteiger partial charge in [-0.2, -0.15) is 0 Å². The smallest absolute Gasteiger partial charge is 0.311 e. The average Bonchev–Trinajstić information content (AvgIpc) is 3.13. The Morgan fingerprint density at radius 1 is 1.16 bits per heavy atom. The maximum Gasteiger partial charge on any atom is 0.311 e. The van der Waals surface area contributed by atoms with Crippen LogP contribution in [0.4, 0.5) is 15.8 Å². The fourth-order valence-electron chi connectivity index (χ4n) is 2.97. The zero-order valence-corrected chi connectivity index (χ0v) is 16.4. The van der Waals surface area contributed by atoms with Crippen LogP contribution in [0, 0.1) is 21.8 Å². The molecular formula is C20H17FN4O7. The summed E-state index contributed by atoms with van der Waals surface area (Å²) in [6, 6.07) is 10.2. The lowest BCUT2D eigenvalue weighted by Gasteiger charge is -2.17. The van der Waals surface area contributed by atoms with Crippen LogP contribution in [-0.2, 0) is 19.1 Å². The molecule has 2 N–H and O–H groups in total. The maximum atomic E-state index is 12.9. The van der Waals surface area contributed by atoms with Crippen LogP contribution in [0.5, 0.6) is 0 Å². The quantitative estimate of drug-likeness (QED) is 0.373. The Hall–Kier alpha value is -4.35. The molecule has 0 saturated carbocycles. The third-order valence-corrected chi connectivity index (χ3v) is 4.51. The Balaban J connectivity index is 1.52. The van der Waals surface area contributed by atoms with E-state index in [9.17, 15) is 33.7 Å². The number of benzene rings is 2. The highest BCUT2D eigenvalue weighted by molar-refractivity contribution is 5.99. The zero-order valence-electron chi connectivity index (χ0n) is 16.4. The highest BCUT2D eigenvalue weighted by Gasteiger charge is 2.37. The van der Waals surface area contributed by atoms with E-state index in [-0.39, 0.29) is 18.5 Å². The van der Waals surface area contributed by atoms with Crippen molar-refractivity contribution in [1.82, 2.24) is 10.4 Å². The molecule has 1 aliphatic heterocycles. The van der Waals surface area contributed by atoms with E-state index < -0.39 is 52.6 Å². The van der Waals surface area contributed by atoms with Crippen LogP contribution in [0.3, 0.4) is 0 Å². The number of rotatable bonds is 7. The van der Waals surface area contributed by atoms with Crippen LogP contribution >= 0.6 is 0 Å². The van der Waals surface area contributed by atoms with Gasteiger partial charge in [0.05, 0.1) is 17.4 Å². The van der Waals surface area contributed by atoms with Crippen molar-refractivity contribution in [3.63, 3.8) is 0 Å². The Morgan fingerprint density at radius 3 is 2.53 bits per heavy atom. The van der Waals surface area contributed by atoms with Crippen molar-refractivity contribution in [3.05, 3.63) is 70.0 Å². The lowest BCUT2D eigenvalue weighted by molar-refractivity contribution is -0.385. The first-order valence-electron chi connectivity index (χ1n) is 9.31. The molecule has 1 saturated heterocycles. The molecule has 2 aromatic carbocycles. The molecule has 0 spiro atoms. The molecule has 32 heavy (non-hydrogen) atoms. The van der Waals surface area contributed by atoms with E-state index in [1.165, 1.54) is 30.3 Å². The van der Waals surface area contributed by atoms with Gasteiger partial charge in [0, 0.05) is 18.2 Å². The third kappa shape index (κ3) is 5.41. The predicted octanol–water partition coefficient (Wildman–Crippen LogP) is 1.41. The summed E-state index contributed by atoms with van der Waals surface area (Å²) in [7, 11) is 0. The number of hydrogen-bond donors (Lipinski definition) is 2. The molecule has 12 heteroatoms. The van der Waals surface area contributed by atoms with Crippen molar-refractivity contribution in [2.75, 3.05) is 18.5 Å². The average molecular weight is 444 g/mol. The standard InChI is InChI=1S/C20H17FN4O7/c21-13-5-7-14(8-6-13)22-17(26)11-32-20(29)12-9-18(27)24(10-12)23-19(28)15-3-1-2-4-16(15)25(30)31/h1-8,12H,9-11H2,(H,22,26)(H,23,28)/t12-/m1/s1. The zero-order chi connectivity index (χ0) is 23.3. The summed E-state index contributed by atoms with van der Waals surface area (Å²) in [6.45, 7) is -0.840. The number of hydrogen-bond acceptors (Lipinski definition) is 7. The maximum absolute atomic E-state index is 12.9. The molecule has 0 radical (unpaired) electrons. The monoisotopic (exact) mass is 444 g/mol. The van der Waals surface area contributed by atoms with Crippen molar-refractivity contribution >= 4 is 35.1 Å². The minimum absolute atomic E-state index is 0.219. The lowest BCUT2D eigenvalue weighted by atomic mass is 10.1. The minimum atomic E-state index is -0.938. The first kappa shape index (κ1) is 22.3. The Morgan fingerprint density at radius 2 is 1.84 bits per heavy atom. The van der Waals surface area contributed by atoms with Gasteiger partial charge in [-0.05, 0) is 30.3 Å². The number of nitro benzene ring substituents is 1. The lowest BCUT2D eigenvalue weighted by Crippen LogP contribution is -2.43. The van der Waals surface area contributed by atoms with Gasteiger partial charge in [0.25, 0.3) is 17.5 Å². The molecular weight excluding hydrogens is 427 g/mol. The van der Waals surface area contributed by atoms with Crippen molar-refractivity contribution in [2.45, 2.75) is 6.42 Å². The molecule has 3 rings (SSSR count). The van der Waals surface area contributed by atoms with Crippen molar-refractivity contribution in [2.24, 2.45) is 5.92 Å². The molecule has 3 amide bonds. The van der Waals surface area contributed by atoms with Gasteiger partial charge in [-0.3, -0.25) is 39.7 Å². The number of esters is 1. The molecule has 1 atom stereocenters. The van der Waals surface area contributed by atoms with Crippen molar-refractivity contribution in [1.29, 1.82) is 0 Å². The Kier molecular flexibility index (Phi) is 6.73. The molecule has 0 bridgehead atoms. The summed E-state index contributed by atoms with van der Waals surface area (Å²) in [6.07, 6.45) is -0.268. The summed E-state index contributed by atoms with van der Waals surface area (Å²) >= 11 is 0. The van der Waals surface area contributed by atoms with Crippen LogP contribution in [0.15, 0.2) is 48.5 Å². The van der Waals surface area contributed by atoms with Crippen LogP contribution in [0.25, 0.3) is 0 Å². The van der Waals surface area contributed by atoms with Gasteiger partial charge in [-0.15, -0.1) is 0 Å². The number of nitro groups is 1. The van der Waals surface area contributed by atoms with Gasteiger partial charge >= 0.3 is 5.97 Å². The van der Waals surface area contributed by atoms with E-state index in [1.54, 1.807) is 0 Å². The second-order valence-corrected chi connectivity index (χ2v) is 6.78. The van der Waals surface area contributed by atoms with E-state index in [0.717, 1.165) is 23.2 Å². The number of carbonyl (C=O) groups is 4. The number of nitrogens with one attached hydrogen (secondary N) is 2. The number of hydrazine groups is 1. The van der Waals surface area contributed by atoms with Gasteiger partial charge < -0.3 is 10.1 Å². The number of anilines is 1. The van der Waals surface area contributed by atoms with Crippen molar-refractivity contribution < 1.29 is 33.2 Å². The largest absolute Gasteiger partial charge is 0.455 e. The Labute approximate surface area is 180 Å². The fourth-order valence-corrected chi connectivity index (χ4v) is 2.97. The molecule has 1 fully saturated rings. The van der Waals surface area contributed by atoms with Crippen LogP contribution < -0.4 is 10.7 Å². The number of ether oxygens (including phenoxy) is 1. The molecule has 11 nitrogen and oxygen atoms in total. The molecule has 2 aromatic rings. The summed E-state index contributed by atoms with van der Waals surface area (Å²) in [5.74, 6) is -4.36. The van der Waals surface area contributed by atoms with E-state index in [1.807, 2.05) is 0 Å². The number of nitrogens with zero attached hydrogens (tertiary/aromatic N) is 2. The van der Waals surface area contributed by atoms with Gasteiger partial charge in [0.2, 0.25) is 5.91 Å². The SMILES string of the molecule is O=C(COC(=O)[C@@H]1CC(=O)N(NC(=O)c2ccccc2[N+](=O)[O-])C1)Nc1ccc(F)cc1. The van der Waals surface area contributed by atoms with Crippen molar-refractivity contribution in [3.8, 4) is 0 Å².